The molecule has 0 aliphatic carbocycles. The van der Waals surface area contributed by atoms with Gasteiger partial charge in [0.2, 0.25) is 5.88 Å². The van der Waals surface area contributed by atoms with Crippen LogP contribution in [-0.2, 0) is 0 Å². The van der Waals surface area contributed by atoms with Crippen molar-refractivity contribution in [2.24, 2.45) is 0 Å². The summed E-state index contributed by atoms with van der Waals surface area (Å²) in [5.41, 5.74) is 0.330. The lowest BCUT2D eigenvalue weighted by Gasteiger charge is -2.04. The molecule has 0 amide bonds. The summed E-state index contributed by atoms with van der Waals surface area (Å²) in [6.07, 6.45) is 11.0. The van der Waals surface area contributed by atoms with Crippen LogP contribution in [0.15, 0.2) is 12.4 Å². The molecule has 0 fully saturated rings. The van der Waals surface area contributed by atoms with Gasteiger partial charge in [-0.05, 0) is 6.42 Å². The fourth-order valence-corrected chi connectivity index (χ4v) is 1.52. The number of aldehydes is 1. The molecule has 0 aliphatic heterocycles. The third-order valence-electron chi connectivity index (χ3n) is 2.52. The van der Waals surface area contributed by atoms with E-state index in [-0.39, 0.29) is 0 Å². The van der Waals surface area contributed by atoms with E-state index < -0.39 is 0 Å². The van der Waals surface area contributed by atoms with Crippen LogP contribution in [0.2, 0.25) is 0 Å². The highest BCUT2D eigenvalue weighted by Gasteiger charge is 1.97. The molecule has 0 bridgehead atoms. The number of carbonyl (C=O) groups excluding carboxylic acids is 1. The molecule has 0 N–H and O–H groups in total. The van der Waals surface area contributed by atoms with Gasteiger partial charge in [-0.1, -0.05) is 39.0 Å². The van der Waals surface area contributed by atoms with Gasteiger partial charge in [-0.15, -0.1) is 0 Å². The van der Waals surface area contributed by atoms with Gasteiger partial charge in [-0.25, -0.2) is 9.97 Å². The zero-order valence-electron chi connectivity index (χ0n) is 10.4. The highest BCUT2D eigenvalue weighted by molar-refractivity contribution is 5.70. The van der Waals surface area contributed by atoms with Crippen LogP contribution in [-0.4, -0.2) is 22.9 Å². The quantitative estimate of drug-likeness (QED) is 0.488. The third-order valence-corrected chi connectivity index (χ3v) is 2.52. The molecule has 17 heavy (non-hydrogen) atoms. The van der Waals surface area contributed by atoms with Gasteiger partial charge >= 0.3 is 0 Å². The average molecular weight is 236 g/mol. The van der Waals surface area contributed by atoms with Crippen LogP contribution in [0.25, 0.3) is 0 Å². The van der Waals surface area contributed by atoms with Crippen LogP contribution in [0.1, 0.15) is 55.9 Å². The number of hydrogen-bond donors (Lipinski definition) is 0. The maximum Gasteiger partial charge on any atom is 0.232 e. The molecule has 0 atom stereocenters. The summed E-state index contributed by atoms with van der Waals surface area (Å²) >= 11 is 0. The molecule has 1 aromatic heterocycles. The molecule has 0 spiro atoms. The Labute approximate surface area is 102 Å². The van der Waals surface area contributed by atoms with Gasteiger partial charge in [0.25, 0.3) is 0 Å². The summed E-state index contributed by atoms with van der Waals surface area (Å²) in [6, 6.07) is 0. The van der Waals surface area contributed by atoms with Crippen LogP contribution in [0.3, 0.4) is 0 Å². The van der Waals surface area contributed by atoms with Crippen LogP contribution < -0.4 is 4.74 Å². The van der Waals surface area contributed by atoms with Crippen LogP contribution >= 0.6 is 0 Å². The largest absolute Gasteiger partial charge is 0.477 e. The third kappa shape index (κ3) is 6.00. The predicted octanol–water partition coefficient (Wildman–Crippen LogP) is 3.03. The lowest BCUT2D eigenvalue weighted by molar-refractivity contribution is 0.111. The number of unbranched alkanes of at least 4 members (excludes halogenated alkanes) is 5. The van der Waals surface area contributed by atoms with Crippen LogP contribution in [0.5, 0.6) is 5.88 Å². The number of nitrogens with zero attached hydrogens (tertiary/aromatic N) is 2. The van der Waals surface area contributed by atoms with Gasteiger partial charge in [0.15, 0.2) is 6.29 Å². The highest BCUT2D eigenvalue weighted by atomic mass is 16.5. The molecule has 0 radical (unpaired) electrons. The number of rotatable bonds is 9. The Morgan fingerprint density at radius 2 is 1.88 bits per heavy atom. The summed E-state index contributed by atoms with van der Waals surface area (Å²) < 4.78 is 5.42. The molecule has 94 valence electrons. The molecule has 1 heterocycles. The van der Waals surface area contributed by atoms with E-state index in [1.165, 1.54) is 44.5 Å². The molecular formula is C13H20N2O2. The van der Waals surface area contributed by atoms with Crippen molar-refractivity contribution in [1.29, 1.82) is 0 Å². The zero-order chi connectivity index (χ0) is 12.3. The maximum atomic E-state index is 10.4. The smallest absolute Gasteiger partial charge is 0.232 e. The molecule has 4 heteroatoms. The first-order valence-electron chi connectivity index (χ1n) is 6.27. The first-order chi connectivity index (χ1) is 8.36. The minimum Gasteiger partial charge on any atom is -0.477 e. The van der Waals surface area contributed by atoms with E-state index in [2.05, 4.69) is 16.9 Å². The van der Waals surface area contributed by atoms with E-state index >= 15 is 0 Å². The molecule has 1 aromatic rings. The predicted molar refractivity (Wildman–Crippen MR) is 66.3 cm³/mol. The molecule has 0 unspecified atom stereocenters. The van der Waals surface area contributed by atoms with E-state index in [0.29, 0.717) is 24.5 Å². The van der Waals surface area contributed by atoms with Crippen molar-refractivity contribution in [3.63, 3.8) is 0 Å². The van der Waals surface area contributed by atoms with Gasteiger partial charge in [0.1, 0.15) is 5.69 Å². The standard InChI is InChI=1S/C13H20N2O2/c1-2-3-4-5-6-7-8-17-13-10-14-12(11-16)9-15-13/h9-11H,2-8H2,1H3. The van der Waals surface area contributed by atoms with Gasteiger partial charge in [-0.2, -0.15) is 0 Å². The normalized spacial score (nSPS) is 10.2. The van der Waals surface area contributed by atoms with E-state index in [1.807, 2.05) is 0 Å². The minimum absolute atomic E-state index is 0.330. The first-order valence-corrected chi connectivity index (χ1v) is 6.27. The maximum absolute atomic E-state index is 10.4. The number of carbonyl (C=O) groups is 1. The van der Waals surface area contributed by atoms with Gasteiger partial charge in [0, 0.05) is 0 Å². The summed E-state index contributed by atoms with van der Waals surface area (Å²) in [7, 11) is 0. The second-order valence-corrected chi connectivity index (χ2v) is 4.01. The van der Waals surface area contributed by atoms with Gasteiger partial charge in [-0.3, -0.25) is 4.79 Å². The lowest BCUT2D eigenvalue weighted by Crippen LogP contribution is -2.00. The summed E-state index contributed by atoms with van der Waals surface area (Å²) in [6.45, 7) is 2.88. The highest BCUT2D eigenvalue weighted by Crippen LogP contribution is 2.07. The van der Waals surface area contributed by atoms with Gasteiger partial charge in [0.05, 0.1) is 19.0 Å². The van der Waals surface area contributed by atoms with Crippen molar-refractivity contribution in [1.82, 2.24) is 9.97 Å². The van der Waals surface area contributed by atoms with Crippen LogP contribution in [0.4, 0.5) is 0 Å². The summed E-state index contributed by atoms with van der Waals surface area (Å²) in [4.78, 5) is 18.2. The Kier molecular flexibility index (Phi) is 6.95. The number of hydrogen-bond acceptors (Lipinski definition) is 4. The Morgan fingerprint density at radius 3 is 2.53 bits per heavy atom. The van der Waals surface area contributed by atoms with Crippen molar-refractivity contribution < 1.29 is 9.53 Å². The second kappa shape index (κ2) is 8.67. The topological polar surface area (TPSA) is 52.1 Å². The molecule has 0 aliphatic rings. The van der Waals surface area contributed by atoms with E-state index in [0.717, 1.165) is 6.42 Å². The van der Waals surface area contributed by atoms with Crippen molar-refractivity contribution in [3.8, 4) is 5.88 Å². The number of ether oxygens (including phenoxy) is 1. The van der Waals surface area contributed by atoms with Crippen LogP contribution in [0, 0.1) is 0 Å². The molecule has 0 saturated carbocycles. The van der Waals surface area contributed by atoms with Crippen molar-refractivity contribution >= 4 is 6.29 Å². The average Bonchev–Trinajstić information content (AvgIpc) is 2.38. The summed E-state index contributed by atoms with van der Waals surface area (Å²) in [5, 5.41) is 0. The molecular weight excluding hydrogens is 216 g/mol. The molecule has 4 nitrogen and oxygen atoms in total. The summed E-state index contributed by atoms with van der Waals surface area (Å²) in [5.74, 6) is 0.490. The van der Waals surface area contributed by atoms with Gasteiger partial charge < -0.3 is 4.74 Å². The van der Waals surface area contributed by atoms with Crippen molar-refractivity contribution in [2.45, 2.75) is 45.4 Å². The Bertz CT molecular complexity index is 312. The molecule has 0 aromatic carbocycles. The minimum atomic E-state index is 0.330. The van der Waals surface area contributed by atoms with E-state index in [1.54, 1.807) is 0 Å². The fraction of sp³-hybridized carbons (Fsp3) is 0.615. The zero-order valence-corrected chi connectivity index (χ0v) is 10.4. The fourth-order valence-electron chi connectivity index (χ4n) is 1.52. The lowest BCUT2D eigenvalue weighted by atomic mass is 10.1. The van der Waals surface area contributed by atoms with Crippen molar-refractivity contribution in [3.05, 3.63) is 18.1 Å². The second-order valence-electron chi connectivity index (χ2n) is 4.01. The van der Waals surface area contributed by atoms with Crippen molar-refractivity contribution in [2.75, 3.05) is 6.61 Å². The SMILES string of the molecule is CCCCCCCCOc1cnc(C=O)cn1. The Hall–Kier alpha value is -1.45. The molecule has 1 rings (SSSR count). The Balaban J connectivity index is 2.07. The monoisotopic (exact) mass is 236 g/mol. The van der Waals surface area contributed by atoms with E-state index in [9.17, 15) is 4.79 Å². The Morgan fingerprint density at radius 1 is 1.12 bits per heavy atom. The van der Waals surface area contributed by atoms with E-state index in [4.69, 9.17) is 4.74 Å². The first kappa shape index (κ1) is 13.6. The number of aromatic nitrogens is 2. The molecule has 0 saturated heterocycles.